The Morgan fingerprint density at radius 3 is 2.32 bits per heavy atom. The lowest BCUT2D eigenvalue weighted by Crippen LogP contribution is -2.21. The molecule has 3 rings (SSSR count). The summed E-state index contributed by atoms with van der Waals surface area (Å²) in [6.07, 6.45) is 0. The quantitative estimate of drug-likeness (QED) is 0.623. The van der Waals surface area contributed by atoms with Gasteiger partial charge in [-0.3, -0.25) is 9.59 Å². The van der Waals surface area contributed by atoms with Gasteiger partial charge in [0.1, 0.15) is 5.75 Å². The van der Waals surface area contributed by atoms with E-state index in [1.807, 2.05) is 30.3 Å². The summed E-state index contributed by atoms with van der Waals surface area (Å²) < 4.78 is 5.44. The summed E-state index contributed by atoms with van der Waals surface area (Å²) in [5, 5.41) is 6.22. The lowest BCUT2D eigenvalue weighted by Gasteiger charge is -2.13. The maximum Gasteiger partial charge on any atom is 0.262 e. The molecule has 0 spiro atoms. The topological polar surface area (TPSA) is 67.4 Å². The molecular weight excluding hydrogens is 376 g/mol. The number of halogens is 1. The number of para-hydroxylation sites is 1. The molecule has 0 saturated carbocycles. The third-order valence-corrected chi connectivity index (χ3v) is 4.32. The fourth-order valence-corrected chi connectivity index (χ4v) is 2.73. The van der Waals surface area contributed by atoms with Crippen LogP contribution in [0.25, 0.3) is 0 Å². The average Bonchev–Trinajstić information content (AvgIpc) is 2.70. The van der Waals surface area contributed by atoms with Crippen LogP contribution in [0.2, 0.25) is 5.02 Å². The summed E-state index contributed by atoms with van der Waals surface area (Å²) in [5.41, 5.74) is 2.43. The number of benzene rings is 3. The number of carbonyl (C=O) groups excluding carboxylic acids is 2. The minimum Gasteiger partial charge on any atom is -0.484 e. The largest absolute Gasteiger partial charge is 0.484 e. The highest BCUT2D eigenvalue weighted by molar-refractivity contribution is 6.30. The van der Waals surface area contributed by atoms with Gasteiger partial charge >= 0.3 is 0 Å². The molecule has 0 aliphatic rings. The molecule has 3 aromatic carbocycles. The minimum absolute atomic E-state index is 0.151. The third kappa shape index (κ3) is 5.11. The van der Waals surface area contributed by atoms with Gasteiger partial charge in [-0.05, 0) is 61.0 Å². The summed E-state index contributed by atoms with van der Waals surface area (Å²) in [6, 6.07) is 21.1. The highest BCUT2D eigenvalue weighted by atomic mass is 35.5. The van der Waals surface area contributed by atoms with Gasteiger partial charge in [-0.1, -0.05) is 35.9 Å². The Labute approximate surface area is 168 Å². The zero-order valence-electron chi connectivity index (χ0n) is 15.2. The second-order valence-electron chi connectivity index (χ2n) is 6.09. The van der Waals surface area contributed by atoms with E-state index in [1.165, 1.54) is 0 Å². The standard InChI is InChI=1S/C22H19ClN2O3/c1-15-19(22(27)24-17-6-3-2-4-7-17)8-5-9-20(15)25-21(26)14-28-18-12-10-16(23)11-13-18/h2-13H,14H2,1H3,(H,24,27)(H,25,26). The van der Waals surface area contributed by atoms with E-state index >= 15 is 0 Å². The van der Waals surface area contributed by atoms with Crippen LogP contribution in [-0.4, -0.2) is 18.4 Å². The summed E-state index contributed by atoms with van der Waals surface area (Å²) in [7, 11) is 0. The fourth-order valence-electron chi connectivity index (χ4n) is 2.60. The van der Waals surface area contributed by atoms with Crippen LogP contribution >= 0.6 is 11.6 Å². The minimum atomic E-state index is -0.321. The fraction of sp³-hybridized carbons (Fsp3) is 0.0909. The van der Waals surface area contributed by atoms with Gasteiger partial charge in [0.25, 0.3) is 11.8 Å². The summed E-state index contributed by atoms with van der Waals surface area (Å²) in [4.78, 5) is 24.8. The van der Waals surface area contributed by atoms with Gasteiger partial charge in [0.15, 0.2) is 6.61 Å². The summed E-state index contributed by atoms with van der Waals surface area (Å²) in [6.45, 7) is 1.64. The summed E-state index contributed by atoms with van der Waals surface area (Å²) in [5.74, 6) is -0.0110. The Balaban J connectivity index is 1.64. The van der Waals surface area contributed by atoms with E-state index in [-0.39, 0.29) is 18.4 Å². The highest BCUT2D eigenvalue weighted by Gasteiger charge is 2.14. The highest BCUT2D eigenvalue weighted by Crippen LogP contribution is 2.21. The van der Waals surface area contributed by atoms with Crippen LogP contribution < -0.4 is 15.4 Å². The Bertz CT molecular complexity index is 973. The molecule has 0 atom stereocenters. The van der Waals surface area contributed by atoms with Crippen molar-refractivity contribution in [3.05, 3.63) is 88.9 Å². The molecule has 2 amide bonds. The molecule has 0 aromatic heterocycles. The van der Waals surface area contributed by atoms with Gasteiger partial charge < -0.3 is 15.4 Å². The molecular formula is C22H19ClN2O3. The van der Waals surface area contributed by atoms with Crippen molar-refractivity contribution in [3.8, 4) is 5.75 Å². The number of ether oxygens (including phenoxy) is 1. The van der Waals surface area contributed by atoms with Gasteiger partial charge in [0.2, 0.25) is 0 Å². The van der Waals surface area contributed by atoms with E-state index in [4.69, 9.17) is 16.3 Å². The Morgan fingerprint density at radius 1 is 0.893 bits per heavy atom. The van der Waals surface area contributed by atoms with Gasteiger partial charge in [0.05, 0.1) is 0 Å². The summed E-state index contributed by atoms with van der Waals surface area (Å²) >= 11 is 5.82. The first-order valence-electron chi connectivity index (χ1n) is 8.67. The van der Waals surface area contributed by atoms with E-state index < -0.39 is 0 Å². The van der Waals surface area contributed by atoms with Crippen molar-refractivity contribution in [2.45, 2.75) is 6.92 Å². The molecule has 0 saturated heterocycles. The van der Waals surface area contributed by atoms with Crippen LogP contribution in [0.5, 0.6) is 5.75 Å². The number of anilines is 2. The van der Waals surface area contributed by atoms with Crippen molar-refractivity contribution in [1.82, 2.24) is 0 Å². The number of hydrogen-bond donors (Lipinski definition) is 2. The van der Waals surface area contributed by atoms with Crippen molar-refractivity contribution in [2.75, 3.05) is 17.2 Å². The van der Waals surface area contributed by atoms with Gasteiger partial charge in [-0.25, -0.2) is 0 Å². The van der Waals surface area contributed by atoms with Crippen molar-refractivity contribution in [1.29, 1.82) is 0 Å². The smallest absolute Gasteiger partial charge is 0.262 e. The number of nitrogens with one attached hydrogen (secondary N) is 2. The second-order valence-corrected chi connectivity index (χ2v) is 6.53. The van der Waals surface area contributed by atoms with Crippen LogP contribution in [0.1, 0.15) is 15.9 Å². The molecule has 6 heteroatoms. The van der Waals surface area contributed by atoms with Crippen LogP contribution in [0.3, 0.4) is 0 Å². The zero-order chi connectivity index (χ0) is 19.9. The molecule has 28 heavy (non-hydrogen) atoms. The molecule has 0 fully saturated rings. The molecule has 0 aliphatic carbocycles. The van der Waals surface area contributed by atoms with Crippen LogP contribution in [0, 0.1) is 6.92 Å². The van der Waals surface area contributed by atoms with Crippen molar-refractivity contribution >= 4 is 34.8 Å². The average molecular weight is 395 g/mol. The van der Waals surface area contributed by atoms with E-state index in [1.54, 1.807) is 49.4 Å². The number of carbonyl (C=O) groups is 2. The Kier molecular flexibility index (Phi) is 6.29. The third-order valence-electron chi connectivity index (χ3n) is 4.07. The predicted molar refractivity (Wildman–Crippen MR) is 111 cm³/mol. The molecule has 142 valence electrons. The number of rotatable bonds is 6. The van der Waals surface area contributed by atoms with E-state index in [9.17, 15) is 9.59 Å². The molecule has 0 heterocycles. The maximum absolute atomic E-state index is 12.6. The Hall–Kier alpha value is -3.31. The van der Waals surface area contributed by atoms with Crippen molar-refractivity contribution in [2.24, 2.45) is 0 Å². The lowest BCUT2D eigenvalue weighted by atomic mass is 10.1. The molecule has 0 bridgehead atoms. The molecule has 5 nitrogen and oxygen atoms in total. The second kappa shape index (κ2) is 9.06. The normalized spacial score (nSPS) is 10.2. The van der Waals surface area contributed by atoms with E-state index in [0.29, 0.717) is 33.3 Å². The molecule has 0 unspecified atom stereocenters. The van der Waals surface area contributed by atoms with E-state index in [2.05, 4.69) is 10.6 Å². The van der Waals surface area contributed by atoms with Crippen LogP contribution in [0.4, 0.5) is 11.4 Å². The van der Waals surface area contributed by atoms with Crippen LogP contribution in [0.15, 0.2) is 72.8 Å². The number of hydrogen-bond acceptors (Lipinski definition) is 3. The van der Waals surface area contributed by atoms with Gasteiger partial charge in [-0.2, -0.15) is 0 Å². The maximum atomic E-state index is 12.6. The molecule has 3 aromatic rings. The molecule has 0 radical (unpaired) electrons. The van der Waals surface area contributed by atoms with Gasteiger partial charge in [-0.15, -0.1) is 0 Å². The molecule has 2 N–H and O–H groups in total. The first-order valence-corrected chi connectivity index (χ1v) is 9.05. The van der Waals surface area contributed by atoms with Gasteiger partial charge in [0, 0.05) is 22.0 Å². The SMILES string of the molecule is Cc1c(NC(=O)COc2ccc(Cl)cc2)cccc1C(=O)Nc1ccccc1. The Morgan fingerprint density at radius 2 is 1.61 bits per heavy atom. The monoisotopic (exact) mass is 394 g/mol. The zero-order valence-corrected chi connectivity index (χ0v) is 16.0. The lowest BCUT2D eigenvalue weighted by molar-refractivity contribution is -0.118. The number of amides is 2. The molecule has 0 aliphatic heterocycles. The first kappa shape index (κ1) is 19.5. The van der Waals surface area contributed by atoms with E-state index in [0.717, 1.165) is 0 Å². The van der Waals surface area contributed by atoms with Crippen LogP contribution in [-0.2, 0) is 4.79 Å². The van der Waals surface area contributed by atoms with Crippen molar-refractivity contribution in [3.63, 3.8) is 0 Å². The first-order chi connectivity index (χ1) is 13.5. The predicted octanol–water partition coefficient (Wildman–Crippen LogP) is 4.92. The van der Waals surface area contributed by atoms with Crippen molar-refractivity contribution < 1.29 is 14.3 Å².